The topological polar surface area (TPSA) is 61.6 Å². The zero-order chi connectivity index (χ0) is 19.4. The predicted octanol–water partition coefficient (Wildman–Crippen LogP) is 3.10. The molecule has 0 aliphatic carbocycles. The molecular formula is C19H24ClFN4O2. The summed E-state index contributed by atoms with van der Waals surface area (Å²) in [5.41, 5.74) is 0.640. The van der Waals surface area contributed by atoms with Gasteiger partial charge in [0.2, 0.25) is 0 Å². The Morgan fingerprint density at radius 2 is 2.15 bits per heavy atom. The first-order valence-electron chi connectivity index (χ1n) is 9.02. The van der Waals surface area contributed by atoms with Crippen LogP contribution in [0.15, 0.2) is 28.8 Å². The molecule has 1 amide bonds. The highest BCUT2D eigenvalue weighted by Crippen LogP contribution is 2.32. The van der Waals surface area contributed by atoms with Crippen LogP contribution in [-0.4, -0.2) is 54.6 Å². The van der Waals surface area contributed by atoms with Gasteiger partial charge >= 0.3 is 0 Å². The van der Waals surface area contributed by atoms with E-state index in [0.29, 0.717) is 22.9 Å². The molecule has 146 valence electrons. The molecule has 1 aromatic heterocycles. The second kappa shape index (κ2) is 8.82. The molecule has 0 bridgehead atoms. The summed E-state index contributed by atoms with van der Waals surface area (Å²) in [6.07, 6.45) is 2.10. The zero-order valence-corrected chi connectivity index (χ0v) is 16.3. The fourth-order valence-corrected chi connectivity index (χ4v) is 3.67. The van der Waals surface area contributed by atoms with E-state index >= 15 is 0 Å². The van der Waals surface area contributed by atoms with E-state index in [-0.39, 0.29) is 30.0 Å². The number of rotatable bonds is 7. The summed E-state index contributed by atoms with van der Waals surface area (Å²) in [4.78, 5) is 16.6. The van der Waals surface area contributed by atoms with Crippen molar-refractivity contribution in [3.05, 3.63) is 52.1 Å². The third-order valence-electron chi connectivity index (χ3n) is 4.63. The lowest BCUT2D eigenvalue weighted by Gasteiger charge is -2.29. The molecule has 8 heteroatoms. The largest absolute Gasteiger partial charge is 0.359 e. The molecule has 6 nitrogen and oxygen atoms in total. The Morgan fingerprint density at radius 3 is 2.81 bits per heavy atom. The lowest BCUT2D eigenvalue weighted by molar-refractivity contribution is 0.0928. The summed E-state index contributed by atoms with van der Waals surface area (Å²) in [5, 5.41) is 7.05. The van der Waals surface area contributed by atoms with Crippen molar-refractivity contribution in [1.29, 1.82) is 0 Å². The van der Waals surface area contributed by atoms with Gasteiger partial charge in [-0.05, 0) is 52.2 Å². The van der Waals surface area contributed by atoms with E-state index in [4.69, 9.17) is 16.1 Å². The highest BCUT2D eigenvalue weighted by Gasteiger charge is 2.28. The maximum absolute atomic E-state index is 14.5. The summed E-state index contributed by atoms with van der Waals surface area (Å²) in [7, 11) is 3.81. The standard InChI is InChI=1S/C19H24ClFN4O2/c1-24(2)12-13-10-16(23-27-13)19(26)22-11-17(25-8-3-4-9-25)18-14(20)6-5-7-15(18)21/h5-7,10,17H,3-4,8-9,11-12H2,1-2H3,(H,22,26)/t17-/m1/s1. The van der Waals surface area contributed by atoms with Gasteiger partial charge in [-0.2, -0.15) is 0 Å². The minimum atomic E-state index is -0.358. The SMILES string of the molecule is CN(C)Cc1cc(C(=O)NC[C@H](c2c(F)cccc2Cl)N2CCCC2)no1. The van der Waals surface area contributed by atoms with Gasteiger partial charge in [0, 0.05) is 23.2 Å². The van der Waals surface area contributed by atoms with Crippen molar-refractivity contribution in [3.63, 3.8) is 0 Å². The minimum Gasteiger partial charge on any atom is -0.359 e. The average Bonchev–Trinajstić information content (AvgIpc) is 3.28. The molecule has 1 aliphatic rings. The highest BCUT2D eigenvalue weighted by molar-refractivity contribution is 6.31. The number of hydrogen-bond acceptors (Lipinski definition) is 5. The molecule has 1 aromatic carbocycles. The van der Waals surface area contributed by atoms with E-state index in [0.717, 1.165) is 25.9 Å². The van der Waals surface area contributed by atoms with Gasteiger partial charge in [-0.1, -0.05) is 22.8 Å². The Balaban J connectivity index is 1.73. The van der Waals surface area contributed by atoms with Gasteiger partial charge in [0.25, 0.3) is 5.91 Å². The van der Waals surface area contributed by atoms with E-state index < -0.39 is 0 Å². The van der Waals surface area contributed by atoms with Crippen molar-refractivity contribution in [3.8, 4) is 0 Å². The molecule has 27 heavy (non-hydrogen) atoms. The molecule has 2 heterocycles. The molecule has 1 N–H and O–H groups in total. The van der Waals surface area contributed by atoms with Crippen LogP contribution >= 0.6 is 11.6 Å². The Kier molecular flexibility index (Phi) is 6.46. The third-order valence-corrected chi connectivity index (χ3v) is 4.96. The number of likely N-dealkylation sites (tertiary alicyclic amines) is 1. The van der Waals surface area contributed by atoms with Gasteiger partial charge in [0.15, 0.2) is 11.5 Å². The number of nitrogens with zero attached hydrogens (tertiary/aromatic N) is 3. The molecular weight excluding hydrogens is 371 g/mol. The van der Waals surface area contributed by atoms with Gasteiger partial charge < -0.3 is 14.7 Å². The third kappa shape index (κ3) is 4.86. The number of nitrogens with one attached hydrogen (secondary N) is 1. The van der Waals surface area contributed by atoms with E-state index in [1.807, 2.05) is 19.0 Å². The van der Waals surface area contributed by atoms with Gasteiger partial charge in [0.05, 0.1) is 12.6 Å². The number of aromatic nitrogens is 1. The maximum atomic E-state index is 14.5. The summed E-state index contributed by atoms with van der Waals surface area (Å²) >= 11 is 6.28. The fraction of sp³-hybridized carbons (Fsp3) is 0.474. The molecule has 1 saturated heterocycles. The van der Waals surface area contributed by atoms with E-state index in [2.05, 4.69) is 15.4 Å². The Morgan fingerprint density at radius 1 is 1.41 bits per heavy atom. The molecule has 1 aliphatic heterocycles. The Bertz CT molecular complexity index is 770. The van der Waals surface area contributed by atoms with Crippen molar-refractivity contribution in [2.75, 3.05) is 33.7 Å². The van der Waals surface area contributed by atoms with Crippen LogP contribution in [0.3, 0.4) is 0 Å². The first kappa shape index (κ1) is 19.8. The smallest absolute Gasteiger partial charge is 0.273 e. The van der Waals surface area contributed by atoms with E-state index in [1.54, 1.807) is 18.2 Å². The van der Waals surface area contributed by atoms with Gasteiger partial charge in [-0.15, -0.1) is 0 Å². The van der Waals surface area contributed by atoms with E-state index in [1.165, 1.54) is 6.07 Å². The van der Waals surface area contributed by atoms with Gasteiger partial charge in [0.1, 0.15) is 5.82 Å². The lowest BCUT2D eigenvalue weighted by Crippen LogP contribution is -2.37. The van der Waals surface area contributed by atoms with Crippen molar-refractivity contribution in [2.24, 2.45) is 0 Å². The molecule has 2 aromatic rings. The summed E-state index contributed by atoms with van der Waals surface area (Å²) in [6, 6.07) is 5.96. The molecule has 0 radical (unpaired) electrons. The summed E-state index contributed by atoms with van der Waals surface area (Å²) in [6.45, 7) is 2.50. The van der Waals surface area contributed by atoms with Crippen LogP contribution in [0.1, 0.15) is 40.7 Å². The summed E-state index contributed by atoms with van der Waals surface area (Å²) < 4.78 is 19.7. The van der Waals surface area contributed by atoms with Crippen LogP contribution in [0.25, 0.3) is 0 Å². The number of carbonyl (C=O) groups is 1. The average molecular weight is 395 g/mol. The molecule has 1 atom stereocenters. The minimum absolute atomic E-state index is 0.214. The van der Waals surface area contributed by atoms with Gasteiger partial charge in [-0.3, -0.25) is 9.69 Å². The predicted molar refractivity (Wildman–Crippen MR) is 101 cm³/mol. The number of benzene rings is 1. The quantitative estimate of drug-likeness (QED) is 0.781. The van der Waals surface area contributed by atoms with Crippen molar-refractivity contribution in [2.45, 2.75) is 25.4 Å². The molecule has 0 saturated carbocycles. The first-order chi connectivity index (χ1) is 13.0. The first-order valence-corrected chi connectivity index (χ1v) is 9.40. The van der Waals surface area contributed by atoms with Crippen molar-refractivity contribution in [1.82, 2.24) is 20.3 Å². The van der Waals surface area contributed by atoms with Crippen LogP contribution in [0.5, 0.6) is 0 Å². The molecule has 3 rings (SSSR count). The molecule has 0 spiro atoms. The fourth-order valence-electron chi connectivity index (χ4n) is 3.38. The van der Waals surface area contributed by atoms with Crippen molar-refractivity contribution >= 4 is 17.5 Å². The number of amides is 1. The lowest BCUT2D eigenvalue weighted by atomic mass is 10.0. The molecule has 1 fully saturated rings. The maximum Gasteiger partial charge on any atom is 0.273 e. The van der Waals surface area contributed by atoms with Crippen molar-refractivity contribution < 1.29 is 13.7 Å². The van der Waals surface area contributed by atoms with Gasteiger partial charge in [-0.25, -0.2) is 4.39 Å². The van der Waals surface area contributed by atoms with Crippen LogP contribution in [0, 0.1) is 5.82 Å². The van der Waals surface area contributed by atoms with Crippen LogP contribution in [0.2, 0.25) is 5.02 Å². The second-order valence-corrected chi connectivity index (χ2v) is 7.43. The molecule has 0 unspecified atom stereocenters. The monoisotopic (exact) mass is 394 g/mol. The Labute approximate surface area is 163 Å². The Hall–Kier alpha value is -1.96. The number of hydrogen-bond donors (Lipinski definition) is 1. The van der Waals surface area contributed by atoms with Crippen LogP contribution in [-0.2, 0) is 6.54 Å². The zero-order valence-electron chi connectivity index (χ0n) is 15.5. The normalized spacial score (nSPS) is 16.0. The number of halogens is 2. The van der Waals surface area contributed by atoms with Crippen LogP contribution < -0.4 is 5.32 Å². The number of carbonyl (C=O) groups excluding carboxylic acids is 1. The second-order valence-electron chi connectivity index (χ2n) is 7.02. The summed E-state index contributed by atoms with van der Waals surface area (Å²) in [5.74, 6) is -0.0952. The van der Waals surface area contributed by atoms with E-state index in [9.17, 15) is 9.18 Å². The van der Waals surface area contributed by atoms with Crippen LogP contribution in [0.4, 0.5) is 4.39 Å². The highest BCUT2D eigenvalue weighted by atomic mass is 35.5.